The molecule has 0 rings (SSSR count). The SMILES string of the molecule is COC(=O)CCC(CO[Si](C)(C)C(C)(C)C)N(C)C(=O)OC(C)(C)C. The number of rotatable bonds is 7. The molecule has 1 unspecified atom stereocenters. The Morgan fingerprint density at radius 2 is 1.60 bits per heavy atom. The summed E-state index contributed by atoms with van der Waals surface area (Å²) in [6.45, 7) is 16.7. The van der Waals surface area contributed by atoms with Gasteiger partial charge in [-0.2, -0.15) is 0 Å². The standard InChI is InChI=1S/C18H37NO5Si/c1-17(2,3)24-16(21)19(7)14(11-12-15(20)22-8)13-23-25(9,10)18(4,5)6/h14H,11-13H2,1-10H3. The van der Waals surface area contributed by atoms with Gasteiger partial charge in [0.1, 0.15) is 5.60 Å². The predicted octanol–water partition coefficient (Wildman–Crippen LogP) is 4.20. The molecular formula is C18H37NO5Si. The van der Waals surface area contributed by atoms with Gasteiger partial charge in [0.15, 0.2) is 8.32 Å². The first-order valence-corrected chi connectivity index (χ1v) is 11.7. The van der Waals surface area contributed by atoms with Crippen LogP contribution in [0.4, 0.5) is 4.79 Å². The molecule has 0 radical (unpaired) electrons. The number of carbonyl (C=O) groups excluding carboxylic acids is 2. The van der Waals surface area contributed by atoms with Crippen molar-refractivity contribution >= 4 is 20.4 Å². The lowest BCUT2D eigenvalue weighted by Crippen LogP contribution is -2.48. The number of nitrogens with zero attached hydrogens (tertiary/aromatic N) is 1. The van der Waals surface area contributed by atoms with Crippen LogP contribution in [-0.2, 0) is 18.7 Å². The van der Waals surface area contributed by atoms with E-state index in [1.807, 2.05) is 20.8 Å². The summed E-state index contributed by atoms with van der Waals surface area (Å²) in [7, 11) is 1.09. The number of ether oxygens (including phenoxy) is 2. The summed E-state index contributed by atoms with van der Waals surface area (Å²) in [5.41, 5.74) is -0.571. The first-order chi connectivity index (χ1) is 11.1. The van der Waals surface area contributed by atoms with E-state index in [1.54, 1.807) is 7.05 Å². The summed E-state index contributed by atoms with van der Waals surface area (Å²) in [5, 5.41) is 0.0738. The van der Waals surface area contributed by atoms with Crippen LogP contribution >= 0.6 is 0 Å². The van der Waals surface area contributed by atoms with Crippen LogP contribution < -0.4 is 0 Å². The molecule has 6 nitrogen and oxygen atoms in total. The molecule has 0 saturated carbocycles. The number of methoxy groups -OCH3 is 1. The van der Waals surface area contributed by atoms with Crippen LogP contribution in [0.5, 0.6) is 0 Å². The van der Waals surface area contributed by atoms with Gasteiger partial charge < -0.3 is 18.8 Å². The van der Waals surface area contributed by atoms with Crippen molar-refractivity contribution in [1.29, 1.82) is 0 Å². The fourth-order valence-electron chi connectivity index (χ4n) is 1.78. The largest absolute Gasteiger partial charge is 0.469 e. The summed E-state index contributed by atoms with van der Waals surface area (Å²) in [6, 6.07) is -0.247. The van der Waals surface area contributed by atoms with E-state index in [9.17, 15) is 9.59 Å². The van der Waals surface area contributed by atoms with Gasteiger partial charge >= 0.3 is 12.1 Å². The fourth-order valence-corrected chi connectivity index (χ4v) is 2.82. The summed E-state index contributed by atoms with van der Waals surface area (Å²) < 4.78 is 16.4. The van der Waals surface area contributed by atoms with Gasteiger partial charge in [0, 0.05) is 13.5 Å². The lowest BCUT2D eigenvalue weighted by Gasteiger charge is -2.38. The number of carbonyl (C=O) groups is 2. The van der Waals surface area contributed by atoms with E-state index >= 15 is 0 Å². The first kappa shape index (κ1) is 23.9. The van der Waals surface area contributed by atoms with Crippen molar-refractivity contribution < 1.29 is 23.5 Å². The Morgan fingerprint density at radius 3 is 2.00 bits per heavy atom. The van der Waals surface area contributed by atoms with Crippen LogP contribution in [0.1, 0.15) is 54.4 Å². The minimum atomic E-state index is -1.95. The van der Waals surface area contributed by atoms with Crippen molar-refractivity contribution in [1.82, 2.24) is 4.90 Å². The topological polar surface area (TPSA) is 65.1 Å². The average Bonchev–Trinajstić information content (AvgIpc) is 2.43. The molecule has 25 heavy (non-hydrogen) atoms. The quantitative estimate of drug-likeness (QED) is 0.493. The lowest BCUT2D eigenvalue weighted by molar-refractivity contribution is -0.141. The lowest BCUT2D eigenvalue weighted by atomic mass is 10.1. The van der Waals surface area contributed by atoms with E-state index in [0.29, 0.717) is 13.0 Å². The number of hydrogen-bond acceptors (Lipinski definition) is 5. The highest BCUT2D eigenvalue weighted by Crippen LogP contribution is 2.36. The van der Waals surface area contributed by atoms with Gasteiger partial charge in [-0.1, -0.05) is 20.8 Å². The van der Waals surface area contributed by atoms with Crippen molar-refractivity contribution in [3.63, 3.8) is 0 Å². The zero-order valence-corrected chi connectivity index (χ0v) is 18.7. The normalized spacial score (nSPS) is 14.0. The molecule has 0 aromatic rings. The van der Waals surface area contributed by atoms with E-state index in [0.717, 1.165) is 0 Å². The van der Waals surface area contributed by atoms with Crippen LogP contribution in [0, 0.1) is 0 Å². The first-order valence-electron chi connectivity index (χ1n) is 8.77. The second-order valence-electron chi connectivity index (χ2n) is 8.93. The second-order valence-corrected chi connectivity index (χ2v) is 13.7. The van der Waals surface area contributed by atoms with Crippen molar-refractivity contribution in [2.75, 3.05) is 20.8 Å². The molecule has 148 valence electrons. The molecule has 0 aliphatic rings. The average molecular weight is 376 g/mol. The molecule has 0 fully saturated rings. The molecule has 0 saturated heterocycles. The third-order valence-electron chi connectivity index (χ3n) is 4.58. The Hall–Kier alpha value is -1.08. The Labute approximate surface area is 154 Å². The van der Waals surface area contributed by atoms with Gasteiger partial charge in [-0.05, 0) is 45.3 Å². The highest BCUT2D eigenvalue weighted by molar-refractivity contribution is 6.74. The van der Waals surface area contributed by atoms with Gasteiger partial charge in [-0.25, -0.2) is 4.79 Å². The van der Waals surface area contributed by atoms with Crippen molar-refractivity contribution in [3.8, 4) is 0 Å². The summed E-state index contributed by atoms with van der Waals surface area (Å²) in [5.74, 6) is -0.296. The molecule has 0 spiro atoms. The number of hydrogen-bond donors (Lipinski definition) is 0. The van der Waals surface area contributed by atoms with E-state index in [4.69, 9.17) is 13.9 Å². The van der Waals surface area contributed by atoms with Crippen LogP contribution in [0.15, 0.2) is 0 Å². The van der Waals surface area contributed by atoms with Crippen LogP contribution in [-0.4, -0.2) is 57.7 Å². The fraction of sp³-hybridized carbons (Fsp3) is 0.889. The molecular weight excluding hydrogens is 338 g/mol. The minimum Gasteiger partial charge on any atom is -0.469 e. The Morgan fingerprint density at radius 1 is 1.08 bits per heavy atom. The maximum Gasteiger partial charge on any atom is 0.410 e. The number of likely N-dealkylation sites (N-methyl/N-ethyl adjacent to an activating group) is 1. The maximum atomic E-state index is 12.4. The van der Waals surface area contributed by atoms with E-state index < -0.39 is 20.0 Å². The van der Waals surface area contributed by atoms with Crippen molar-refractivity contribution in [2.24, 2.45) is 0 Å². The third kappa shape index (κ3) is 8.72. The molecule has 1 atom stereocenters. The second kappa shape index (κ2) is 9.03. The smallest absolute Gasteiger partial charge is 0.410 e. The molecule has 0 N–H and O–H groups in total. The zero-order chi connectivity index (χ0) is 20.1. The van der Waals surface area contributed by atoms with E-state index in [1.165, 1.54) is 12.0 Å². The summed E-state index contributed by atoms with van der Waals surface area (Å²) in [4.78, 5) is 25.4. The highest BCUT2D eigenvalue weighted by atomic mass is 28.4. The molecule has 0 aliphatic heterocycles. The third-order valence-corrected chi connectivity index (χ3v) is 9.08. The van der Waals surface area contributed by atoms with E-state index in [2.05, 4.69) is 33.9 Å². The van der Waals surface area contributed by atoms with Gasteiger partial charge in [-0.3, -0.25) is 4.79 Å². The van der Waals surface area contributed by atoms with E-state index in [-0.39, 0.29) is 23.5 Å². The Balaban J connectivity index is 5.09. The molecule has 0 aromatic carbocycles. The Bertz CT molecular complexity index is 451. The van der Waals surface area contributed by atoms with Gasteiger partial charge in [0.25, 0.3) is 0 Å². The molecule has 1 amide bonds. The van der Waals surface area contributed by atoms with Crippen LogP contribution in [0.3, 0.4) is 0 Å². The van der Waals surface area contributed by atoms with Gasteiger partial charge in [-0.15, -0.1) is 0 Å². The molecule has 0 aromatic heterocycles. The monoisotopic (exact) mass is 375 g/mol. The maximum absolute atomic E-state index is 12.4. The van der Waals surface area contributed by atoms with Gasteiger partial charge in [0.2, 0.25) is 0 Å². The molecule has 0 bridgehead atoms. The molecule has 0 aliphatic carbocycles. The predicted molar refractivity (Wildman–Crippen MR) is 102 cm³/mol. The zero-order valence-electron chi connectivity index (χ0n) is 17.7. The number of amides is 1. The Kier molecular flexibility index (Phi) is 8.64. The van der Waals surface area contributed by atoms with Crippen LogP contribution in [0.25, 0.3) is 0 Å². The molecule has 0 heterocycles. The van der Waals surface area contributed by atoms with Crippen LogP contribution in [0.2, 0.25) is 18.1 Å². The highest BCUT2D eigenvalue weighted by Gasteiger charge is 2.38. The van der Waals surface area contributed by atoms with Crippen molar-refractivity contribution in [3.05, 3.63) is 0 Å². The number of esters is 1. The summed E-state index contributed by atoms with van der Waals surface area (Å²) in [6.07, 6.45) is 0.285. The molecule has 7 heteroatoms. The van der Waals surface area contributed by atoms with Crippen molar-refractivity contribution in [2.45, 2.75) is 84.2 Å². The van der Waals surface area contributed by atoms with Gasteiger partial charge in [0.05, 0.1) is 19.8 Å². The summed E-state index contributed by atoms with van der Waals surface area (Å²) >= 11 is 0. The minimum absolute atomic E-state index is 0.0738.